The van der Waals surface area contributed by atoms with E-state index in [2.05, 4.69) is 26.7 Å². The Morgan fingerprint density at radius 1 is 1.09 bits per heavy atom. The Kier molecular flexibility index (Phi) is 4.98. The minimum absolute atomic E-state index is 0.912. The molecule has 0 saturated carbocycles. The fraction of sp³-hybridized carbons (Fsp3) is 0.800. The minimum Gasteiger partial charge on any atom is -0.324 e. The summed E-state index contributed by atoms with van der Waals surface area (Å²) in [6.45, 7) is 11.5. The van der Waals surface area contributed by atoms with Crippen molar-refractivity contribution in [2.75, 3.05) is 26.2 Å². The van der Waals surface area contributed by atoms with Crippen LogP contribution in [0, 0.1) is 12.3 Å². The first-order chi connectivity index (χ1) is 5.24. The number of terminal acetylenes is 1. The first-order valence-corrected chi connectivity index (χ1v) is 4.53. The van der Waals surface area contributed by atoms with Gasteiger partial charge in [-0.1, -0.05) is 0 Å². The van der Waals surface area contributed by atoms with Crippen molar-refractivity contribution in [2.24, 2.45) is 0 Å². The molecule has 1 heteroatoms. The summed E-state index contributed by atoms with van der Waals surface area (Å²) in [4.78, 5) is 0. The third-order valence-electron chi connectivity index (χ3n) is 2.74. The third-order valence-corrected chi connectivity index (χ3v) is 2.74. The molecule has 0 aliphatic heterocycles. The van der Waals surface area contributed by atoms with E-state index < -0.39 is 0 Å². The standard InChI is InChI=1S/C10H20N/c1-5-9-10-11(6-2,7-3)8-4/h1H,6-10H2,2-4H3/q+1. The van der Waals surface area contributed by atoms with Gasteiger partial charge in [0.15, 0.2) is 0 Å². The van der Waals surface area contributed by atoms with Crippen LogP contribution in [0.15, 0.2) is 0 Å². The van der Waals surface area contributed by atoms with Crippen LogP contribution in [0.1, 0.15) is 27.2 Å². The van der Waals surface area contributed by atoms with E-state index in [1.165, 1.54) is 24.1 Å². The smallest absolute Gasteiger partial charge is 0.0897 e. The van der Waals surface area contributed by atoms with Crippen molar-refractivity contribution in [1.82, 2.24) is 0 Å². The van der Waals surface area contributed by atoms with E-state index in [0.29, 0.717) is 0 Å². The Labute approximate surface area is 71.0 Å². The summed E-state index contributed by atoms with van der Waals surface area (Å²) in [6.07, 6.45) is 6.15. The molecule has 0 radical (unpaired) electrons. The van der Waals surface area contributed by atoms with Gasteiger partial charge in [-0.05, 0) is 20.8 Å². The third kappa shape index (κ3) is 2.95. The molecule has 0 aromatic heterocycles. The molecular formula is C10H20N+. The van der Waals surface area contributed by atoms with Gasteiger partial charge in [-0.15, -0.1) is 12.3 Å². The average Bonchev–Trinajstić information content (AvgIpc) is 2.08. The lowest BCUT2D eigenvalue weighted by Crippen LogP contribution is -2.47. The fourth-order valence-electron chi connectivity index (χ4n) is 1.45. The van der Waals surface area contributed by atoms with Crippen molar-refractivity contribution in [2.45, 2.75) is 27.2 Å². The van der Waals surface area contributed by atoms with Gasteiger partial charge in [-0.25, -0.2) is 0 Å². The van der Waals surface area contributed by atoms with E-state index in [-0.39, 0.29) is 0 Å². The number of rotatable bonds is 5. The summed E-state index contributed by atoms with van der Waals surface area (Å²) in [5.41, 5.74) is 0. The average molecular weight is 154 g/mol. The lowest BCUT2D eigenvalue weighted by molar-refractivity contribution is -0.922. The Morgan fingerprint density at radius 2 is 1.55 bits per heavy atom. The van der Waals surface area contributed by atoms with Crippen LogP contribution >= 0.6 is 0 Å². The molecule has 11 heavy (non-hydrogen) atoms. The maximum Gasteiger partial charge on any atom is 0.0897 e. The Hall–Kier alpha value is -0.480. The number of hydrogen-bond donors (Lipinski definition) is 0. The topological polar surface area (TPSA) is 0 Å². The largest absolute Gasteiger partial charge is 0.324 e. The molecule has 0 spiro atoms. The van der Waals surface area contributed by atoms with E-state index in [1.807, 2.05) is 0 Å². The lowest BCUT2D eigenvalue weighted by atomic mass is 10.3. The van der Waals surface area contributed by atoms with Crippen LogP contribution in [0.3, 0.4) is 0 Å². The molecule has 0 unspecified atom stereocenters. The predicted molar refractivity (Wildman–Crippen MR) is 50.2 cm³/mol. The molecule has 0 aliphatic carbocycles. The van der Waals surface area contributed by atoms with E-state index in [9.17, 15) is 0 Å². The van der Waals surface area contributed by atoms with Crippen molar-refractivity contribution >= 4 is 0 Å². The van der Waals surface area contributed by atoms with Crippen LogP contribution in [0.4, 0.5) is 0 Å². The van der Waals surface area contributed by atoms with Crippen molar-refractivity contribution < 1.29 is 4.48 Å². The monoisotopic (exact) mass is 154 g/mol. The molecule has 0 fully saturated rings. The summed E-state index contributed by atoms with van der Waals surface area (Å²) in [5, 5.41) is 0. The number of quaternary nitrogens is 1. The zero-order chi connectivity index (χ0) is 8.74. The Balaban J connectivity index is 3.96. The number of hydrogen-bond acceptors (Lipinski definition) is 0. The van der Waals surface area contributed by atoms with Crippen LogP contribution in [0.5, 0.6) is 0 Å². The second-order valence-electron chi connectivity index (χ2n) is 2.97. The van der Waals surface area contributed by atoms with Crippen molar-refractivity contribution in [3.63, 3.8) is 0 Å². The van der Waals surface area contributed by atoms with Gasteiger partial charge in [0.2, 0.25) is 0 Å². The van der Waals surface area contributed by atoms with Crippen molar-refractivity contribution in [3.05, 3.63) is 0 Å². The molecule has 0 heterocycles. The molecule has 0 atom stereocenters. The van der Waals surface area contributed by atoms with Crippen LogP contribution in [0.2, 0.25) is 0 Å². The highest BCUT2D eigenvalue weighted by Crippen LogP contribution is 2.06. The first kappa shape index (κ1) is 10.5. The second kappa shape index (κ2) is 5.21. The molecule has 0 rings (SSSR count). The molecule has 64 valence electrons. The van der Waals surface area contributed by atoms with Crippen LogP contribution in [-0.4, -0.2) is 30.7 Å². The number of nitrogens with zero attached hydrogens (tertiary/aromatic N) is 1. The van der Waals surface area contributed by atoms with Gasteiger partial charge >= 0.3 is 0 Å². The predicted octanol–water partition coefficient (Wildman–Crippen LogP) is 1.89. The van der Waals surface area contributed by atoms with Gasteiger partial charge in [-0.3, -0.25) is 0 Å². The molecular weight excluding hydrogens is 134 g/mol. The van der Waals surface area contributed by atoms with E-state index in [0.717, 1.165) is 13.0 Å². The van der Waals surface area contributed by atoms with Crippen molar-refractivity contribution in [3.8, 4) is 12.3 Å². The minimum atomic E-state index is 0.912. The molecule has 0 aromatic carbocycles. The first-order valence-electron chi connectivity index (χ1n) is 4.53. The summed E-state index contributed by atoms with van der Waals surface area (Å²) in [6, 6.07) is 0. The van der Waals surface area contributed by atoms with E-state index in [4.69, 9.17) is 6.42 Å². The zero-order valence-electron chi connectivity index (χ0n) is 8.06. The molecule has 0 bridgehead atoms. The highest BCUT2D eigenvalue weighted by Gasteiger charge is 2.18. The van der Waals surface area contributed by atoms with E-state index in [1.54, 1.807) is 0 Å². The van der Waals surface area contributed by atoms with Gasteiger partial charge in [0.25, 0.3) is 0 Å². The highest BCUT2D eigenvalue weighted by atomic mass is 15.3. The summed E-state index contributed by atoms with van der Waals surface area (Å²) in [7, 11) is 0. The molecule has 0 aliphatic rings. The Morgan fingerprint density at radius 3 is 1.82 bits per heavy atom. The van der Waals surface area contributed by atoms with Gasteiger partial charge in [0.1, 0.15) is 0 Å². The SMILES string of the molecule is C#CCC[N+](CC)(CC)CC. The summed E-state index contributed by atoms with van der Waals surface area (Å²) >= 11 is 0. The zero-order valence-corrected chi connectivity index (χ0v) is 8.06. The maximum atomic E-state index is 5.24. The van der Waals surface area contributed by atoms with Crippen LogP contribution < -0.4 is 0 Å². The Bertz CT molecular complexity index is 120. The lowest BCUT2D eigenvalue weighted by Gasteiger charge is -2.35. The molecule has 1 nitrogen and oxygen atoms in total. The van der Waals surface area contributed by atoms with Crippen molar-refractivity contribution in [1.29, 1.82) is 0 Å². The van der Waals surface area contributed by atoms with Gasteiger partial charge in [0.05, 0.1) is 32.6 Å². The second-order valence-corrected chi connectivity index (χ2v) is 2.97. The van der Waals surface area contributed by atoms with Crippen LogP contribution in [-0.2, 0) is 0 Å². The van der Waals surface area contributed by atoms with E-state index >= 15 is 0 Å². The van der Waals surface area contributed by atoms with Gasteiger partial charge < -0.3 is 4.48 Å². The quantitative estimate of drug-likeness (QED) is 0.419. The molecule has 0 amide bonds. The summed E-state index contributed by atoms with van der Waals surface area (Å²) < 4.78 is 1.17. The fourth-order valence-corrected chi connectivity index (χ4v) is 1.45. The molecule has 0 aromatic rings. The van der Waals surface area contributed by atoms with Crippen LogP contribution in [0.25, 0.3) is 0 Å². The van der Waals surface area contributed by atoms with Gasteiger partial charge in [-0.2, -0.15) is 0 Å². The highest BCUT2D eigenvalue weighted by molar-refractivity contribution is 4.82. The normalized spacial score (nSPS) is 11.1. The molecule has 0 N–H and O–H groups in total. The maximum absolute atomic E-state index is 5.24. The molecule has 0 saturated heterocycles. The summed E-state index contributed by atoms with van der Waals surface area (Å²) in [5.74, 6) is 2.71. The van der Waals surface area contributed by atoms with Gasteiger partial charge in [0, 0.05) is 0 Å².